The predicted octanol–water partition coefficient (Wildman–Crippen LogP) is 2.02. The molecule has 17 heavy (non-hydrogen) atoms. The van der Waals surface area contributed by atoms with E-state index in [1.165, 1.54) is 0 Å². The van der Waals surface area contributed by atoms with E-state index in [1.807, 2.05) is 18.2 Å². The van der Waals surface area contributed by atoms with Crippen molar-refractivity contribution in [2.75, 3.05) is 5.75 Å². The highest BCUT2D eigenvalue weighted by Gasteiger charge is 2.09. The molecule has 0 unspecified atom stereocenters. The molecule has 4 nitrogen and oxygen atoms in total. The lowest BCUT2D eigenvalue weighted by atomic mass is 10.3. The molecule has 0 aliphatic carbocycles. The third-order valence-electron chi connectivity index (χ3n) is 2.52. The minimum atomic E-state index is -0.267. The Labute approximate surface area is 104 Å². The molecule has 2 aromatic rings. The summed E-state index contributed by atoms with van der Waals surface area (Å²) in [5, 5.41) is 0.954. The fourth-order valence-electron chi connectivity index (χ4n) is 1.71. The number of amides is 1. The minimum absolute atomic E-state index is 0.267. The fourth-order valence-corrected chi connectivity index (χ4v) is 2.74. The lowest BCUT2D eigenvalue weighted by molar-refractivity contribution is -0.117. The maximum atomic E-state index is 10.7. The number of hydrogen-bond donors (Lipinski definition) is 1. The number of benzene rings is 1. The topological polar surface area (TPSA) is 60.9 Å². The Morgan fingerprint density at radius 1 is 1.47 bits per heavy atom. The van der Waals surface area contributed by atoms with Crippen LogP contribution in [0.25, 0.3) is 11.0 Å². The average Bonchev–Trinajstić information content (AvgIpc) is 2.66. The normalized spacial score (nSPS) is 10.9. The van der Waals surface area contributed by atoms with Crippen LogP contribution in [0, 0.1) is 0 Å². The number of nitrogens with two attached hydrogens (primary N) is 1. The Kier molecular flexibility index (Phi) is 3.68. The Hall–Kier alpha value is -1.49. The molecule has 1 heterocycles. The van der Waals surface area contributed by atoms with Crippen LogP contribution >= 0.6 is 11.8 Å². The van der Waals surface area contributed by atoms with Gasteiger partial charge in [-0.25, -0.2) is 4.98 Å². The van der Waals surface area contributed by atoms with Crippen LogP contribution in [-0.2, 0) is 11.3 Å². The van der Waals surface area contributed by atoms with Gasteiger partial charge in [0.15, 0.2) is 5.16 Å². The summed E-state index contributed by atoms with van der Waals surface area (Å²) in [6.07, 6.45) is 0.386. The van der Waals surface area contributed by atoms with Crippen LogP contribution in [0.15, 0.2) is 29.4 Å². The third-order valence-corrected chi connectivity index (χ3v) is 3.49. The Morgan fingerprint density at radius 2 is 2.24 bits per heavy atom. The molecular formula is C12H15N3OS. The molecule has 0 aliphatic heterocycles. The number of thioether (sulfide) groups is 1. The molecule has 90 valence electrons. The first-order chi connectivity index (χ1) is 8.22. The smallest absolute Gasteiger partial charge is 0.218 e. The lowest BCUT2D eigenvalue weighted by Gasteiger charge is -2.04. The second-order valence-electron chi connectivity index (χ2n) is 3.69. The van der Waals surface area contributed by atoms with Crippen molar-refractivity contribution in [1.29, 1.82) is 0 Å². The zero-order chi connectivity index (χ0) is 12.3. The SMILES string of the molecule is CCn1c(SCCC(N)=O)nc2ccccc21. The molecule has 1 amide bonds. The zero-order valence-corrected chi connectivity index (χ0v) is 10.5. The van der Waals surface area contributed by atoms with E-state index in [0.29, 0.717) is 12.2 Å². The van der Waals surface area contributed by atoms with Crippen LogP contribution in [0.1, 0.15) is 13.3 Å². The Morgan fingerprint density at radius 3 is 2.94 bits per heavy atom. The van der Waals surface area contributed by atoms with Crippen molar-refractivity contribution >= 4 is 28.7 Å². The number of imidazole rings is 1. The van der Waals surface area contributed by atoms with E-state index in [0.717, 1.165) is 22.7 Å². The Bertz CT molecular complexity index is 536. The van der Waals surface area contributed by atoms with Crippen LogP contribution in [0.2, 0.25) is 0 Å². The predicted molar refractivity (Wildman–Crippen MR) is 69.9 cm³/mol. The summed E-state index contributed by atoms with van der Waals surface area (Å²) in [4.78, 5) is 15.3. The summed E-state index contributed by atoms with van der Waals surface area (Å²) in [5.74, 6) is 0.412. The molecule has 1 aromatic carbocycles. The second-order valence-corrected chi connectivity index (χ2v) is 4.75. The summed E-state index contributed by atoms with van der Waals surface area (Å²) in [6, 6.07) is 8.05. The number of aromatic nitrogens is 2. The molecule has 2 N–H and O–H groups in total. The van der Waals surface area contributed by atoms with E-state index < -0.39 is 0 Å². The van der Waals surface area contributed by atoms with Gasteiger partial charge >= 0.3 is 0 Å². The quantitative estimate of drug-likeness (QED) is 0.825. The second kappa shape index (κ2) is 5.23. The molecule has 2 rings (SSSR count). The summed E-state index contributed by atoms with van der Waals surface area (Å²) < 4.78 is 2.15. The van der Waals surface area contributed by atoms with Gasteiger partial charge in [0.25, 0.3) is 0 Å². The van der Waals surface area contributed by atoms with E-state index in [4.69, 9.17) is 5.73 Å². The maximum absolute atomic E-state index is 10.7. The fraction of sp³-hybridized carbons (Fsp3) is 0.333. The number of nitrogens with zero attached hydrogens (tertiary/aromatic N) is 2. The van der Waals surface area contributed by atoms with Crippen molar-refractivity contribution in [3.05, 3.63) is 24.3 Å². The number of carbonyl (C=O) groups is 1. The molecule has 0 saturated carbocycles. The number of hydrogen-bond acceptors (Lipinski definition) is 3. The van der Waals surface area contributed by atoms with Gasteiger partial charge in [-0.05, 0) is 19.1 Å². The standard InChI is InChI=1S/C12H15N3OS/c1-2-15-10-6-4-3-5-9(10)14-12(15)17-8-7-11(13)16/h3-6H,2,7-8H2,1H3,(H2,13,16). The molecule has 1 aromatic heterocycles. The highest BCUT2D eigenvalue weighted by molar-refractivity contribution is 7.99. The van der Waals surface area contributed by atoms with Gasteiger partial charge in [-0.15, -0.1) is 0 Å². The molecular weight excluding hydrogens is 234 g/mol. The lowest BCUT2D eigenvalue weighted by Crippen LogP contribution is -2.11. The molecule has 0 bridgehead atoms. The van der Waals surface area contributed by atoms with E-state index >= 15 is 0 Å². The van der Waals surface area contributed by atoms with E-state index in [9.17, 15) is 4.79 Å². The molecule has 0 saturated heterocycles. The van der Waals surface area contributed by atoms with Crippen LogP contribution in [0.3, 0.4) is 0 Å². The Balaban J connectivity index is 2.24. The van der Waals surface area contributed by atoms with Gasteiger partial charge in [0.2, 0.25) is 5.91 Å². The number of fused-ring (bicyclic) bond motifs is 1. The van der Waals surface area contributed by atoms with Gasteiger partial charge in [-0.1, -0.05) is 23.9 Å². The van der Waals surface area contributed by atoms with Crippen LogP contribution in [-0.4, -0.2) is 21.2 Å². The van der Waals surface area contributed by atoms with Crippen LogP contribution in [0.5, 0.6) is 0 Å². The molecule has 0 spiro atoms. The number of aryl methyl sites for hydroxylation is 1. The van der Waals surface area contributed by atoms with Gasteiger partial charge in [0, 0.05) is 18.7 Å². The summed E-state index contributed by atoms with van der Waals surface area (Å²) >= 11 is 1.58. The van der Waals surface area contributed by atoms with Crippen LogP contribution in [0.4, 0.5) is 0 Å². The highest BCUT2D eigenvalue weighted by atomic mass is 32.2. The number of primary amides is 1. The minimum Gasteiger partial charge on any atom is -0.370 e. The van der Waals surface area contributed by atoms with Gasteiger partial charge in [0.05, 0.1) is 11.0 Å². The van der Waals surface area contributed by atoms with Gasteiger partial charge < -0.3 is 10.3 Å². The highest BCUT2D eigenvalue weighted by Crippen LogP contribution is 2.24. The molecule has 0 atom stereocenters. The molecule has 0 radical (unpaired) electrons. The van der Waals surface area contributed by atoms with Crippen LogP contribution < -0.4 is 5.73 Å². The zero-order valence-electron chi connectivity index (χ0n) is 9.72. The van der Waals surface area contributed by atoms with Gasteiger partial charge in [-0.3, -0.25) is 4.79 Å². The van der Waals surface area contributed by atoms with Crippen molar-refractivity contribution in [2.24, 2.45) is 5.73 Å². The first-order valence-electron chi connectivity index (χ1n) is 5.58. The van der Waals surface area contributed by atoms with E-state index in [2.05, 4.69) is 22.5 Å². The number of carbonyl (C=O) groups excluding carboxylic acids is 1. The monoisotopic (exact) mass is 249 g/mol. The molecule has 5 heteroatoms. The molecule has 0 fully saturated rings. The largest absolute Gasteiger partial charge is 0.370 e. The van der Waals surface area contributed by atoms with Crippen molar-refractivity contribution in [2.45, 2.75) is 25.0 Å². The first kappa shape index (κ1) is 12.0. The van der Waals surface area contributed by atoms with Crippen molar-refractivity contribution in [3.8, 4) is 0 Å². The van der Waals surface area contributed by atoms with Crippen molar-refractivity contribution < 1.29 is 4.79 Å². The van der Waals surface area contributed by atoms with E-state index in [-0.39, 0.29) is 5.91 Å². The summed E-state index contributed by atoms with van der Waals surface area (Å²) in [7, 11) is 0. The van der Waals surface area contributed by atoms with Crippen molar-refractivity contribution in [1.82, 2.24) is 9.55 Å². The number of rotatable bonds is 5. The molecule has 0 aliphatic rings. The average molecular weight is 249 g/mol. The maximum Gasteiger partial charge on any atom is 0.218 e. The van der Waals surface area contributed by atoms with Gasteiger partial charge in [-0.2, -0.15) is 0 Å². The summed E-state index contributed by atoms with van der Waals surface area (Å²) in [5.41, 5.74) is 7.25. The van der Waals surface area contributed by atoms with E-state index in [1.54, 1.807) is 11.8 Å². The van der Waals surface area contributed by atoms with Gasteiger partial charge in [0.1, 0.15) is 0 Å². The third kappa shape index (κ3) is 2.61. The first-order valence-corrected chi connectivity index (χ1v) is 6.57. The van der Waals surface area contributed by atoms with Crippen molar-refractivity contribution in [3.63, 3.8) is 0 Å². The summed E-state index contributed by atoms with van der Waals surface area (Å²) in [6.45, 7) is 2.96. The number of para-hydroxylation sites is 2.